The zero-order chi connectivity index (χ0) is 15.9. The van der Waals surface area contributed by atoms with E-state index in [1.54, 1.807) is 6.08 Å². The first-order valence-corrected chi connectivity index (χ1v) is 8.20. The number of benzene rings is 2. The smallest absolute Gasteiger partial charge is 0.244 e. The van der Waals surface area contributed by atoms with E-state index in [4.69, 9.17) is 0 Å². The Kier molecular flexibility index (Phi) is 5.96. The van der Waals surface area contributed by atoms with Gasteiger partial charge in [0.15, 0.2) is 0 Å². The minimum absolute atomic E-state index is 0.00651. The lowest BCUT2D eigenvalue weighted by atomic mass is 10.0. The molecule has 0 fully saturated rings. The van der Waals surface area contributed by atoms with Crippen LogP contribution >= 0.6 is 15.9 Å². The number of carbonyl (C=O) groups excluding carboxylic acids is 1. The van der Waals surface area contributed by atoms with Crippen LogP contribution in [0.15, 0.2) is 59.1 Å². The van der Waals surface area contributed by atoms with Gasteiger partial charge in [0, 0.05) is 10.5 Å². The Bertz CT molecular complexity index is 644. The second-order valence-electron chi connectivity index (χ2n) is 5.21. The van der Waals surface area contributed by atoms with Gasteiger partial charge in [0.1, 0.15) is 0 Å². The lowest BCUT2D eigenvalue weighted by molar-refractivity contribution is -0.117. The summed E-state index contributed by atoms with van der Waals surface area (Å²) in [6, 6.07) is 16.2. The van der Waals surface area contributed by atoms with Gasteiger partial charge in [-0.25, -0.2) is 0 Å². The van der Waals surface area contributed by atoms with Crippen LogP contribution in [-0.2, 0) is 11.2 Å². The molecule has 0 unspecified atom stereocenters. The molecule has 0 saturated heterocycles. The van der Waals surface area contributed by atoms with Crippen molar-refractivity contribution in [2.45, 2.75) is 26.3 Å². The fourth-order valence-corrected chi connectivity index (χ4v) is 2.40. The van der Waals surface area contributed by atoms with Gasteiger partial charge in [-0.1, -0.05) is 59.3 Å². The Hall–Kier alpha value is -1.87. The molecule has 2 nitrogen and oxygen atoms in total. The maximum Gasteiger partial charge on any atom is 0.244 e. The molecule has 0 heterocycles. The third-order valence-electron chi connectivity index (χ3n) is 3.54. The molecule has 2 aromatic carbocycles. The summed E-state index contributed by atoms with van der Waals surface area (Å²) >= 11 is 3.39. The zero-order valence-corrected chi connectivity index (χ0v) is 14.4. The van der Waals surface area contributed by atoms with Gasteiger partial charge in [-0.15, -0.1) is 0 Å². The van der Waals surface area contributed by atoms with Crippen molar-refractivity contribution in [1.82, 2.24) is 5.32 Å². The Labute approximate surface area is 140 Å². The SMILES string of the molecule is CCc1ccc([C@H](C)NC(=O)/C=C/c2ccc(Br)cc2)cc1. The normalized spacial score (nSPS) is 12.3. The number of aryl methyl sites for hydroxylation is 1. The van der Waals surface area contributed by atoms with Crippen molar-refractivity contribution in [1.29, 1.82) is 0 Å². The molecule has 22 heavy (non-hydrogen) atoms. The topological polar surface area (TPSA) is 29.1 Å². The van der Waals surface area contributed by atoms with E-state index in [-0.39, 0.29) is 11.9 Å². The van der Waals surface area contributed by atoms with Gasteiger partial charge < -0.3 is 5.32 Å². The standard InChI is InChI=1S/C19H20BrNO/c1-3-15-4-9-17(10-5-15)14(2)21-19(22)13-8-16-6-11-18(20)12-7-16/h4-14H,3H2,1-2H3,(H,21,22)/b13-8+/t14-/m0/s1. The van der Waals surface area contributed by atoms with E-state index in [0.29, 0.717) is 0 Å². The number of nitrogens with one attached hydrogen (secondary N) is 1. The highest BCUT2D eigenvalue weighted by atomic mass is 79.9. The summed E-state index contributed by atoms with van der Waals surface area (Å²) in [4.78, 5) is 12.0. The monoisotopic (exact) mass is 357 g/mol. The maximum absolute atomic E-state index is 12.0. The van der Waals surface area contributed by atoms with Crippen LogP contribution in [0.4, 0.5) is 0 Å². The summed E-state index contributed by atoms with van der Waals surface area (Å²) in [6.07, 6.45) is 4.41. The lowest BCUT2D eigenvalue weighted by Crippen LogP contribution is -2.24. The summed E-state index contributed by atoms with van der Waals surface area (Å²) in [6.45, 7) is 4.12. The summed E-state index contributed by atoms with van der Waals surface area (Å²) < 4.78 is 1.03. The van der Waals surface area contributed by atoms with Crippen molar-refractivity contribution in [3.8, 4) is 0 Å². The molecule has 0 bridgehead atoms. The highest BCUT2D eigenvalue weighted by Gasteiger charge is 2.07. The predicted molar refractivity (Wildman–Crippen MR) is 95.6 cm³/mol. The quantitative estimate of drug-likeness (QED) is 0.757. The van der Waals surface area contributed by atoms with Crippen LogP contribution in [-0.4, -0.2) is 5.91 Å². The minimum atomic E-state index is -0.0880. The largest absolute Gasteiger partial charge is 0.346 e. The molecular formula is C19H20BrNO. The van der Waals surface area contributed by atoms with E-state index in [1.165, 1.54) is 5.56 Å². The number of hydrogen-bond donors (Lipinski definition) is 1. The Morgan fingerprint density at radius 1 is 1.14 bits per heavy atom. The number of hydrogen-bond acceptors (Lipinski definition) is 1. The predicted octanol–water partition coefficient (Wildman–Crippen LogP) is 4.90. The fourth-order valence-electron chi connectivity index (χ4n) is 2.13. The van der Waals surface area contributed by atoms with E-state index in [1.807, 2.05) is 37.3 Å². The van der Waals surface area contributed by atoms with Crippen LogP contribution in [0.2, 0.25) is 0 Å². The summed E-state index contributed by atoms with van der Waals surface area (Å²) in [5, 5.41) is 2.98. The average molecular weight is 358 g/mol. The molecule has 0 aliphatic carbocycles. The Morgan fingerprint density at radius 2 is 1.77 bits per heavy atom. The first-order chi connectivity index (χ1) is 10.6. The molecule has 1 N–H and O–H groups in total. The first kappa shape index (κ1) is 16.5. The number of halogens is 1. The second kappa shape index (κ2) is 7.95. The highest BCUT2D eigenvalue weighted by molar-refractivity contribution is 9.10. The van der Waals surface area contributed by atoms with Crippen molar-refractivity contribution in [2.75, 3.05) is 0 Å². The van der Waals surface area contributed by atoms with Crippen molar-refractivity contribution in [2.24, 2.45) is 0 Å². The minimum Gasteiger partial charge on any atom is -0.346 e. The van der Waals surface area contributed by atoms with Gasteiger partial charge in [-0.3, -0.25) is 4.79 Å². The molecule has 1 amide bonds. The summed E-state index contributed by atoms with van der Waals surface area (Å²) in [7, 11) is 0. The Balaban J connectivity index is 1.94. The van der Waals surface area contributed by atoms with Gasteiger partial charge >= 0.3 is 0 Å². The van der Waals surface area contributed by atoms with Crippen molar-refractivity contribution in [3.63, 3.8) is 0 Å². The zero-order valence-electron chi connectivity index (χ0n) is 12.8. The molecule has 0 radical (unpaired) electrons. The summed E-state index contributed by atoms with van der Waals surface area (Å²) in [5.74, 6) is -0.0880. The fraction of sp³-hybridized carbons (Fsp3) is 0.211. The van der Waals surface area contributed by atoms with E-state index in [0.717, 1.165) is 22.0 Å². The molecule has 114 valence electrons. The molecule has 1 atom stereocenters. The third-order valence-corrected chi connectivity index (χ3v) is 4.07. The molecule has 0 aliphatic heterocycles. The van der Waals surface area contributed by atoms with Crippen LogP contribution in [0, 0.1) is 0 Å². The van der Waals surface area contributed by atoms with Gasteiger partial charge in [0.25, 0.3) is 0 Å². The van der Waals surface area contributed by atoms with E-state index >= 15 is 0 Å². The molecule has 0 aliphatic rings. The van der Waals surface area contributed by atoms with Crippen LogP contribution < -0.4 is 5.32 Å². The van der Waals surface area contributed by atoms with Crippen molar-refractivity contribution in [3.05, 3.63) is 75.8 Å². The van der Waals surface area contributed by atoms with Gasteiger partial charge in [-0.2, -0.15) is 0 Å². The number of carbonyl (C=O) groups is 1. The number of amides is 1. The lowest BCUT2D eigenvalue weighted by Gasteiger charge is -2.13. The van der Waals surface area contributed by atoms with E-state index in [2.05, 4.69) is 52.4 Å². The molecule has 0 aromatic heterocycles. The Morgan fingerprint density at radius 3 is 2.36 bits per heavy atom. The van der Waals surface area contributed by atoms with Crippen LogP contribution in [0.5, 0.6) is 0 Å². The van der Waals surface area contributed by atoms with Crippen molar-refractivity contribution >= 4 is 27.9 Å². The molecule has 2 aromatic rings. The van der Waals surface area contributed by atoms with E-state index in [9.17, 15) is 4.79 Å². The number of rotatable bonds is 5. The summed E-state index contributed by atoms with van der Waals surface area (Å²) in [5.41, 5.74) is 3.42. The average Bonchev–Trinajstić information content (AvgIpc) is 2.54. The molecular weight excluding hydrogens is 338 g/mol. The van der Waals surface area contributed by atoms with E-state index < -0.39 is 0 Å². The third kappa shape index (κ3) is 4.85. The molecule has 2 rings (SSSR count). The van der Waals surface area contributed by atoms with Crippen LogP contribution in [0.1, 0.15) is 36.6 Å². The van der Waals surface area contributed by atoms with Crippen LogP contribution in [0.3, 0.4) is 0 Å². The molecule has 3 heteroatoms. The van der Waals surface area contributed by atoms with Gasteiger partial charge in [0.2, 0.25) is 5.91 Å². The van der Waals surface area contributed by atoms with Gasteiger partial charge in [-0.05, 0) is 48.2 Å². The molecule has 0 saturated carbocycles. The van der Waals surface area contributed by atoms with Gasteiger partial charge in [0.05, 0.1) is 6.04 Å². The second-order valence-corrected chi connectivity index (χ2v) is 6.13. The van der Waals surface area contributed by atoms with Crippen molar-refractivity contribution < 1.29 is 4.79 Å². The van der Waals surface area contributed by atoms with Crippen LogP contribution in [0.25, 0.3) is 6.08 Å². The maximum atomic E-state index is 12.0. The first-order valence-electron chi connectivity index (χ1n) is 7.41. The highest BCUT2D eigenvalue weighted by Crippen LogP contribution is 2.14. The molecule has 0 spiro atoms.